The minimum atomic E-state index is -4.56. The number of alkyl halides is 3. The first-order valence-corrected chi connectivity index (χ1v) is 9.99. The maximum absolute atomic E-state index is 12.9. The summed E-state index contributed by atoms with van der Waals surface area (Å²) in [5.74, 6) is -0.310. The normalized spacial score (nSPS) is 25.7. The lowest BCUT2D eigenvalue weighted by atomic mass is 9.77. The van der Waals surface area contributed by atoms with Crippen LogP contribution >= 0.6 is 0 Å². The van der Waals surface area contributed by atoms with Gasteiger partial charge in [0.1, 0.15) is 11.8 Å². The van der Waals surface area contributed by atoms with Gasteiger partial charge in [0, 0.05) is 30.0 Å². The molecule has 1 saturated carbocycles. The summed E-state index contributed by atoms with van der Waals surface area (Å²) in [6.45, 7) is 3.53. The minimum absolute atomic E-state index is 0.00110. The van der Waals surface area contributed by atoms with E-state index in [1.54, 1.807) is 13.8 Å². The molecule has 31 heavy (non-hydrogen) atoms. The Hall–Kier alpha value is -2.97. The Bertz CT molecular complexity index is 1040. The molecule has 8 nitrogen and oxygen atoms in total. The third-order valence-corrected chi connectivity index (χ3v) is 6.29. The molecule has 164 valence electrons. The molecule has 2 fully saturated rings. The Morgan fingerprint density at radius 3 is 2.71 bits per heavy atom. The molecule has 0 spiro atoms. The third-order valence-electron chi connectivity index (χ3n) is 6.29. The van der Waals surface area contributed by atoms with E-state index in [1.165, 1.54) is 12.4 Å². The summed E-state index contributed by atoms with van der Waals surface area (Å²) >= 11 is 0. The fourth-order valence-corrected chi connectivity index (χ4v) is 4.45. The first-order chi connectivity index (χ1) is 14.7. The van der Waals surface area contributed by atoms with Crippen molar-refractivity contribution in [2.24, 2.45) is 5.92 Å². The van der Waals surface area contributed by atoms with Crippen molar-refractivity contribution in [1.29, 1.82) is 5.26 Å². The van der Waals surface area contributed by atoms with Gasteiger partial charge < -0.3 is 5.32 Å². The number of nitrogens with zero attached hydrogens (tertiary/aromatic N) is 4. The average molecular weight is 433 g/mol. The molecule has 0 aromatic carbocycles. The standard InChI is InChI=1S/C20H22F3N7O/c1-10-11(2)17(25-7-12(10)6-24)19(31)27-14-3-4-16-15(5-14)18(29-28-16)13-8-26-30(9-13)20(21,22)23/h7-9,14-16,18,28-29H,3-5H2,1-2H3,(H,27,31). The molecule has 0 bridgehead atoms. The van der Waals surface area contributed by atoms with E-state index < -0.39 is 6.30 Å². The van der Waals surface area contributed by atoms with Gasteiger partial charge in [0.25, 0.3) is 5.91 Å². The molecule has 2 aromatic rings. The van der Waals surface area contributed by atoms with Gasteiger partial charge in [-0.05, 0) is 50.2 Å². The SMILES string of the molecule is Cc1c(C#N)cnc(C(=O)NC2CCC3NNC(c4cnn(C(F)(F)F)c4)C3C2)c1C. The number of hydrogen-bond donors (Lipinski definition) is 3. The Kier molecular flexibility index (Phi) is 5.45. The van der Waals surface area contributed by atoms with Gasteiger partial charge in [0.2, 0.25) is 0 Å². The molecule has 3 N–H and O–H groups in total. The predicted molar refractivity (Wildman–Crippen MR) is 103 cm³/mol. The molecule has 4 rings (SSSR count). The highest BCUT2D eigenvalue weighted by molar-refractivity contribution is 5.94. The number of nitrogens with one attached hydrogen (secondary N) is 3. The molecular formula is C20H22F3N7O. The summed E-state index contributed by atoms with van der Waals surface area (Å²) < 4.78 is 38.7. The monoisotopic (exact) mass is 433 g/mol. The van der Waals surface area contributed by atoms with E-state index in [1.807, 2.05) is 0 Å². The minimum Gasteiger partial charge on any atom is -0.348 e. The maximum Gasteiger partial charge on any atom is 0.504 e. The number of hydrazine groups is 1. The molecule has 1 amide bonds. The fraction of sp³-hybridized carbons (Fsp3) is 0.500. The van der Waals surface area contributed by atoms with Crippen LogP contribution in [0.15, 0.2) is 18.6 Å². The molecule has 1 saturated heterocycles. The van der Waals surface area contributed by atoms with Crippen LogP contribution < -0.4 is 16.2 Å². The van der Waals surface area contributed by atoms with Crippen molar-refractivity contribution in [3.63, 3.8) is 0 Å². The molecular weight excluding hydrogens is 411 g/mol. The second-order valence-electron chi connectivity index (χ2n) is 8.09. The highest BCUT2D eigenvalue weighted by Crippen LogP contribution is 2.38. The lowest BCUT2D eigenvalue weighted by molar-refractivity contribution is -0.212. The second kappa shape index (κ2) is 7.94. The van der Waals surface area contributed by atoms with Crippen LogP contribution in [0.5, 0.6) is 0 Å². The summed E-state index contributed by atoms with van der Waals surface area (Å²) in [4.78, 5) is 17.0. The highest BCUT2D eigenvalue weighted by Gasteiger charge is 2.43. The zero-order valence-electron chi connectivity index (χ0n) is 17.0. The van der Waals surface area contributed by atoms with Crippen LogP contribution in [0.4, 0.5) is 13.2 Å². The molecule has 1 aliphatic heterocycles. The summed E-state index contributed by atoms with van der Waals surface area (Å²) in [7, 11) is 0. The molecule has 11 heteroatoms. The summed E-state index contributed by atoms with van der Waals surface area (Å²) in [6, 6.07) is 1.69. The number of halogens is 3. The van der Waals surface area contributed by atoms with Crippen LogP contribution in [0.25, 0.3) is 0 Å². The van der Waals surface area contributed by atoms with Crippen molar-refractivity contribution in [1.82, 2.24) is 30.9 Å². The topological polar surface area (TPSA) is 108 Å². The molecule has 4 unspecified atom stereocenters. The van der Waals surface area contributed by atoms with Gasteiger partial charge in [-0.15, -0.1) is 13.2 Å². The number of fused-ring (bicyclic) bond motifs is 1. The molecule has 0 radical (unpaired) electrons. The van der Waals surface area contributed by atoms with E-state index in [-0.39, 0.29) is 40.3 Å². The number of amides is 1. The molecule has 1 aliphatic carbocycles. The van der Waals surface area contributed by atoms with Gasteiger partial charge in [0.05, 0.1) is 17.8 Å². The number of rotatable bonds is 3. The van der Waals surface area contributed by atoms with Gasteiger partial charge in [-0.2, -0.15) is 15.0 Å². The summed E-state index contributed by atoms with van der Waals surface area (Å²) in [6.07, 6.45) is 1.17. The Morgan fingerprint density at radius 1 is 1.26 bits per heavy atom. The highest BCUT2D eigenvalue weighted by atomic mass is 19.4. The summed E-state index contributed by atoms with van der Waals surface area (Å²) in [5.41, 5.74) is 8.79. The number of carbonyl (C=O) groups excluding carboxylic acids is 1. The van der Waals surface area contributed by atoms with E-state index in [0.29, 0.717) is 23.1 Å². The quantitative estimate of drug-likeness (QED) is 0.686. The lowest BCUT2D eigenvalue weighted by Crippen LogP contribution is -2.44. The Labute approximate surface area is 176 Å². The van der Waals surface area contributed by atoms with Gasteiger partial charge in [-0.25, -0.2) is 10.4 Å². The average Bonchev–Trinajstić information content (AvgIpc) is 3.36. The largest absolute Gasteiger partial charge is 0.504 e. The van der Waals surface area contributed by atoms with Gasteiger partial charge in [-0.3, -0.25) is 10.2 Å². The van der Waals surface area contributed by atoms with Gasteiger partial charge in [-0.1, -0.05) is 0 Å². The van der Waals surface area contributed by atoms with Crippen molar-refractivity contribution in [3.05, 3.63) is 46.5 Å². The zero-order valence-corrected chi connectivity index (χ0v) is 17.0. The van der Waals surface area contributed by atoms with Crippen LogP contribution in [-0.4, -0.2) is 32.8 Å². The van der Waals surface area contributed by atoms with Crippen LogP contribution in [0, 0.1) is 31.1 Å². The smallest absolute Gasteiger partial charge is 0.348 e. The number of hydrogen-bond acceptors (Lipinski definition) is 6. The van der Waals surface area contributed by atoms with Crippen LogP contribution in [0.1, 0.15) is 58.0 Å². The number of aromatic nitrogens is 3. The van der Waals surface area contributed by atoms with Crippen molar-refractivity contribution < 1.29 is 18.0 Å². The van der Waals surface area contributed by atoms with Gasteiger partial charge in [0.15, 0.2) is 0 Å². The molecule has 3 heterocycles. The van der Waals surface area contributed by atoms with Crippen molar-refractivity contribution in [2.75, 3.05) is 0 Å². The van der Waals surface area contributed by atoms with Crippen LogP contribution in [0.3, 0.4) is 0 Å². The molecule has 4 atom stereocenters. The van der Waals surface area contributed by atoms with Crippen molar-refractivity contribution in [3.8, 4) is 6.07 Å². The van der Waals surface area contributed by atoms with E-state index in [4.69, 9.17) is 5.26 Å². The predicted octanol–water partition coefficient (Wildman–Crippen LogP) is 2.36. The van der Waals surface area contributed by atoms with Crippen molar-refractivity contribution >= 4 is 5.91 Å². The van der Waals surface area contributed by atoms with E-state index in [9.17, 15) is 18.0 Å². The van der Waals surface area contributed by atoms with Crippen LogP contribution in [-0.2, 0) is 6.30 Å². The molecule has 2 aromatic heterocycles. The maximum atomic E-state index is 12.9. The lowest BCUT2D eigenvalue weighted by Gasteiger charge is -2.33. The Balaban J connectivity index is 1.47. The van der Waals surface area contributed by atoms with E-state index in [2.05, 4.69) is 32.3 Å². The number of nitriles is 1. The third kappa shape index (κ3) is 4.00. The molecule has 2 aliphatic rings. The number of carbonyl (C=O) groups is 1. The zero-order chi connectivity index (χ0) is 22.3. The van der Waals surface area contributed by atoms with Crippen molar-refractivity contribution in [2.45, 2.75) is 57.5 Å². The summed E-state index contributed by atoms with van der Waals surface area (Å²) in [5, 5.41) is 15.6. The van der Waals surface area contributed by atoms with Gasteiger partial charge >= 0.3 is 6.30 Å². The van der Waals surface area contributed by atoms with E-state index >= 15 is 0 Å². The first kappa shape index (κ1) is 21.3. The Morgan fingerprint density at radius 2 is 2.03 bits per heavy atom. The fourth-order valence-electron chi connectivity index (χ4n) is 4.45. The van der Waals surface area contributed by atoms with Crippen LogP contribution in [0.2, 0.25) is 0 Å². The second-order valence-corrected chi connectivity index (χ2v) is 8.09. The number of pyridine rings is 1. The van der Waals surface area contributed by atoms with E-state index in [0.717, 1.165) is 24.6 Å². The first-order valence-electron chi connectivity index (χ1n) is 9.99.